The number of fused-ring (bicyclic) bond motifs is 2. The van der Waals surface area contributed by atoms with Crippen molar-refractivity contribution in [3.63, 3.8) is 0 Å². The van der Waals surface area contributed by atoms with E-state index in [0.717, 1.165) is 40.2 Å². The van der Waals surface area contributed by atoms with E-state index >= 15 is 0 Å². The number of rotatable bonds is 4. The molecule has 2 aliphatic heterocycles. The smallest absolute Gasteiger partial charge is 0.0454 e. The van der Waals surface area contributed by atoms with Crippen LogP contribution in [0.5, 0.6) is 0 Å². The maximum atomic E-state index is 6.28. The highest BCUT2D eigenvalue weighted by Crippen LogP contribution is 2.37. The molecule has 3 rings (SSSR count). The van der Waals surface area contributed by atoms with E-state index in [4.69, 9.17) is 23.2 Å². The Hall–Kier alpha value is -0.280. The zero-order valence-corrected chi connectivity index (χ0v) is 14.3. The molecule has 0 radical (unpaired) electrons. The first-order chi connectivity index (χ1) is 10.0. The van der Waals surface area contributed by atoms with E-state index in [1.807, 2.05) is 18.2 Å². The molecule has 116 valence electrons. The van der Waals surface area contributed by atoms with Crippen LogP contribution in [0.1, 0.15) is 44.2 Å². The minimum absolute atomic E-state index is 0.244. The first kappa shape index (κ1) is 15.6. The predicted octanol–water partition coefficient (Wildman–Crippen LogP) is 4.52. The third kappa shape index (κ3) is 3.39. The van der Waals surface area contributed by atoms with Gasteiger partial charge in [0.2, 0.25) is 0 Å². The second-order valence-electron chi connectivity index (χ2n) is 6.68. The van der Waals surface area contributed by atoms with Crippen molar-refractivity contribution in [1.82, 2.24) is 10.2 Å². The fourth-order valence-corrected chi connectivity index (χ4v) is 4.45. The Morgan fingerprint density at radius 3 is 2.57 bits per heavy atom. The maximum absolute atomic E-state index is 6.28. The van der Waals surface area contributed by atoms with Gasteiger partial charge in [0, 0.05) is 28.2 Å². The van der Waals surface area contributed by atoms with Crippen molar-refractivity contribution in [2.75, 3.05) is 13.6 Å². The number of nitrogens with one attached hydrogen (secondary N) is 1. The van der Waals surface area contributed by atoms with Gasteiger partial charge in [0.05, 0.1) is 0 Å². The molecule has 2 saturated heterocycles. The highest BCUT2D eigenvalue weighted by Gasteiger charge is 2.38. The number of hydrogen-bond donors (Lipinski definition) is 1. The largest absolute Gasteiger partial charge is 0.310 e. The summed E-state index contributed by atoms with van der Waals surface area (Å²) in [6, 6.07) is 7.55. The molecular formula is C17H24Cl2N2. The lowest BCUT2D eigenvalue weighted by atomic mass is 9.90. The lowest BCUT2D eigenvalue weighted by Crippen LogP contribution is -2.42. The van der Waals surface area contributed by atoms with E-state index in [2.05, 4.69) is 24.2 Å². The van der Waals surface area contributed by atoms with Crippen LogP contribution in [0.25, 0.3) is 0 Å². The summed E-state index contributed by atoms with van der Waals surface area (Å²) < 4.78 is 0. The van der Waals surface area contributed by atoms with E-state index in [0.29, 0.717) is 0 Å². The van der Waals surface area contributed by atoms with Gasteiger partial charge in [0.1, 0.15) is 0 Å². The summed E-state index contributed by atoms with van der Waals surface area (Å²) >= 11 is 12.4. The quantitative estimate of drug-likeness (QED) is 0.875. The first-order valence-electron chi connectivity index (χ1n) is 7.95. The lowest BCUT2D eigenvalue weighted by molar-refractivity contribution is 0.131. The summed E-state index contributed by atoms with van der Waals surface area (Å²) in [5, 5.41) is 5.20. The minimum atomic E-state index is 0.244. The van der Waals surface area contributed by atoms with Crippen LogP contribution in [0.2, 0.25) is 10.0 Å². The Labute approximate surface area is 137 Å². The zero-order chi connectivity index (χ0) is 15.0. The molecule has 3 atom stereocenters. The molecule has 2 nitrogen and oxygen atoms in total. The van der Waals surface area contributed by atoms with Crippen LogP contribution in [0.15, 0.2) is 18.2 Å². The van der Waals surface area contributed by atoms with E-state index in [1.165, 1.54) is 25.7 Å². The Morgan fingerprint density at radius 1 is 1.24 bits per heavy atom. The van der Waals surface area contributed by atoms with Crippen molar-refractivity contribution in [3.8, 4) is 0 Å². The highest BCUT2D eigenvalue weighted by molar-refractivity contribution is 6.33. The van der Waals surface area contributed by atoms with Crippen LogP contribution in [0, 0.1) is 5.92 Å². The van der Waals surface area contributed by atoms with Gasteiger partial charge in [-0.15, -0.1) is 0 Å². The first-order valence-corrected chi connectivity index (χ1v) is 8.70. The SMILES string of the molecule is CC(NCC1CC2CCC(C1)N2C)c1cc(Cl)ccc1Cl. The van der Waals surface area contributed by atoms with Crippen LogP contribution in [0.4, 0.5) is 0 Å². The monoisotopic (exact) mass is 326 g/mol. The molecule has 0 amide bonds. The number of hydrogen-bond acceptors (Lipinski definition) is 2. The number of halogens is 2. The summed E-state index contributed by atoms with van der Waals surface area (Å²) in [7, 11) is 2.29. The average molecular weight is 327 g/mol. The van der Waals surface area contributed by atoms with Gasteiger partial charge in [-0.2, -0.15) is 0 Å². The summed E-state index contributed by atoms with van der Waals surface area (Å²) in [5.41, 5.74) is 1.10. The Balaban J connectivity index is 1.57. The number of benzene rings is 1. The second kappa shape index (κ2) is 6.45. The van der Waals surface area contributed by atoms with E-state index in [-0.39, 0.29) is 6.04 Å². The van der Waals surface area contributed by atoms with Gasteiger partial charge in [-0.25, -0.2) is 0 Å². The van der Waals surface area contributed by atoms with Crippen molar-refractivity contribution in [2.24, 2.45) is 5.92 Å². The van der Waals surface area contributed by atoms with Gasteiger partial charge < -0.3 is 10.2 Å². The second-order valence-corrected chi connectivity index (χ2v) is 7.53. The van der Waals surface area contributed by atoms with E-state index in [1.54, 1.807) is 0 Å². The Bertz CT molecular complexity index is 492. The molecule has 2 aliphatic rings. The van der Waals surface area contributed by atoms with E-state index in [9.17, 15) is 0 Å². The van der Waals surface area contributed by atoms with Crippen LogP contribution in [0.3, 0.4) is 0 Å². The molecule has 4 heteroatoms. The zero-order valence-electron chi connectivity index (χ0n) is 12.8. The van der Waals surface area contributed by atoms with Gasteiger partial charge >= 0.3 is 0 Å². The molecule has 0 spiro atoms. The average Bonchev–Trinajstić information content (AvgIpc) is 2.69. The summed E-state index contributed by atoms with van der Waals surface area (Å²) in [5.74, 6) is 0.791. The molecule has 0 aromatic heterocycles. The lowest BCUT2D eigenvalue weighted by Gasteiger charge is -2.37. The van der Waals surface area contributed by atoms with Crippen molar-refractivity contribution < 1.29 is 0 Å². The Kier molecular flexibility index (Phi) is 4.80. The molecule has 2 heterocycles. The highest BCUT2D eigenvalue weighted by atomic mass is 35.5. The fraction of sp³-hybridized carbons (Fsp3) is 0.647. The summed E-state index contributed by atoms with van der Waals surface area (Å²) in [6.45, 7) is 3.24. The molecular weight excluding hydrogens is 303 g/mol. The molecule has 2 bridgehead atoms. The van der Waals surface area contributed by atoms with Gasteiger partial charge in [-0.1, -0.05) is 23.2 Å². The van der Waals surface area contributed by atoms with Crippen LogP contribution >= 0.6 is 23.2 Å². The van der Waals surface area contributed by atoms with Crippen molar-refractivity contribution in [1.29, 1.82) is 0 Å². The third-order valence-electron chi connectivity index (χ3n) is 5.33. The maximum Gasteiger partial charge on any atom is 0.0454 e. The predicted molar refractivity (Wildman–Crippen MR) is 90.2 cm³/mol. The normalized spacial score (nSPS) is 30.6. The molecule has 21 heavy (non-hydrogen) atoms. The summed E-state index contributed by atoms with van der Waals surface area (Å²) in [6.07, 6.45) is 5.42. The van der Waals surface area contributed by atoms with Crippen LogP contribution < -0.4 is 5.32 Å². The fourth-order valence-electron chi connectivity index (χ4n) is 3.99. The van der Waals surface area contributed by atoms with E-state index < -0.39 is 0 Å². The van der Waals surface area contributed by atoms with Gasteiger partial charge in [-0.05, 0) is 75.9 Å². The topological polar surface area (TPSA) is 15.3 Å². The minimum Gasteiger partial charge on any atom is -0.310 e. The molecule has 3 unspecified atom stereocenters. The molecule has 0 aliphatic carbocycles. The molecule has 0 saturated carbocycles. The Morgan fingerprint density at radius 2 is 1.90 bits per heavy atom. The summed E-state index contributed by atoms with van der Waals surface area (Å²) in [4.78, 5) is 2.59. The molecule has 1 aromatic rings. The van der Waals surface area contributed by atoms with Crippen LogP contribution in [-0.2, 0) is 0 Å². The van der Waals surface area contributed by atoms with Crippen molar-refractivity contribution >= 4 is 23.2 Å². The third-order valence-corrected chi connectivity index (χ3v) is 5.91. The molecule has 1 aromatic carbocycles. The van der Waals surface area contributed by atoms with Gasteiger partial charge in [-0.3, -0.25) is 0 Å². The number of nitrogens with zero attached hydrogens (tertiary/aromatic N) is 1. The van der Waals surface area contributed by atoms with Crippen molar-refractivity contribution in [3.05, 3.63) is 33.8 Å². The number of piperidine rings is 1. The standard InChI is InChI=1S/C17H24Cl2N2/c1-11(16-9-13(18)3-6-17(16)19)20-10-12-7-14-4-5-15(8-12)21(14)2/h3,6,9,11-12,14-15,20H,4-5,7-8,10H2,1-2H3. The molecule has 1 N–H and O–H groups in total. The molecule has 2 fully saturated rings. The van der Waals surface area contributed by atoms with Crippen LogP contribution in [-0.4, -0.2) is 30.6 Å². The van der Waals surface area contributed by atoms with Gasteiger partial charge in [0.15, 0.2) is 0 Å². The van der Waals surface area contributed by atoms with Crippen molar-refractivity contribution in [2.45, 2.75) is 50.7 Å². The van der Waals surface area contributed by atoms with Gasteiger partial charge in [0.25, 0.3) is 0 Å².